The summed E-state index contributed by atoms with van der Waals surface area (Å²) >= 11 is 5.93. The molecule has 4 nitrogen and oxygen atoms in total. The van der Waals surface area contributed by atoms with E-state index >= 15 is 0 Å². The number of benzene rings is 1. The van der Waals surface area contributed by atoms with E-state index < -0.39 is 6.10 Å². The highest BCUT2D eigenvalue weighted by molar-refractivity contribution is 6.30. The fourth-order valence-electron chi connectivity index (χ4n) is 2.55. The molecule has 0 radical (unpaired) electrons. The summed E-state index contributed by atoms with van der Waals surface area (Å²) in [6.07, 6.45) is 1.06. The minimum Gasteiger partial charge on any atom is -0.480 e. The molecule has 0 aromatic heterocycles. The third-order valence-corrected chi connectivity index (χ3v) is 3.74. The monoisotopic (exact) mass is 266 g/mol. The fraction of sp³-hybridized carbons (Fsp3) is 0.462. The predicted octanol–water partition coefficient (Wildman–Crippen LogP) is 1.20. The Morgan fingerprint density at radius 3 is 3.06 bits per heavy atom. The molecule has 3 rings (SSSR count). The molecule has 0 aliphatic carbocycles. The van der Waals surface area contributed by atoms with E-state index in [2.05, 4.69) is 0 Å². The molecule has 0 spiro atoms. The van der Waals surface area contributed by atoms with Crippen LogP contribution in [0.1, 0.15) is 12.0 Å². The van der Waals surface area contributed by atoms with Gasteiger partial charge in [-0.05, 0) is 30.2 Å². The summed E-state index contributed by atoms with van der Waals surface area (Å²) in [5.74, 6) is 0.802. The van der Waals surface area contributed by atoms with Crippen LogP contribution in [0.4, 0.5) is 0 Å². The number of carbonyl (C=O) groups is 1. The number of halogens is 1. The number of fused-ring (bicyclic) bond motifs is 1. The Morgan fingerprint density at radius 1 is 1.50 bits per heavy atom. The first-order chi connectivity index (χ1) is 8.63. The largest absolute Gasteiger partial charge is 0.480 e. The van der Waals surface area contributed by atoms with Gasteiger partial charge in [0, 0.05) is 30.6 Å². The summed E-state index contributed by atoms with van der Waals surface area (Å²) in [4.78, 5) is 14.1. The molecule has 2 aliphatic heterocycles. The van der Waals surface area contributed by atoms with Gasteiger partial charge in [0.1, 0.15) is 5.75 Å². The summed E-state index contributed by atoms with van der Waals surface area (Å²) in [6.45, 7) is 1.37. The van der Waals surface area contributed by atoms with Crippen molar-refractivity contribution in [1.82, 2.24) is 4.90 Å². The lowest BCUT2D eigenvalue weighted by Crippen LogP contribution is -2.41. The first-order valence-electron chi connectivity index (χ1n) is 6.13. The lowest BCUT2D eigenvalue weighted by atomic mass is 10.1. The Hall–Kier alpha value is -1.26. The molecule has 1 aromatic rings. The van der Waals surface area contributed by atoms with Crippen molar-refractivity contribution in [2.24, 2.45) is 5.73 Å². The van der Waals surface area contributed by atoms with Crippen LogP contribution >= 0.6 is 11.6 Å². The quantitative estimate of drug-likeness (QED) is 0.831. The molecular formula is C13H15ClN2O2. The second kappa shape index (κ2) is 4.44. The van der Waals surface area contributed by atoms with Crippen molar-refractivity contribution in [2.75, 3.05) is 13.1 Å². The van der Waals surface area contributed by atoms with Gasteiger partial charge in [-0.3, -0.25) is 4.79 Å². The standard InChI is InChI=1S/C13H15ClN2O2/c14-9-1-2-11-8(5-9)6-12(18-11)13(17)16-4-3-10(15)7-16/h1-2,5,10,12H,3-4,6-7,15H2/t10-,12?/m1/s1. The van der Waals surface area contributed by atoms with Gasteiger partial charge in [-0.1, -0.05) is 11.6 Å². The fourth-order valence-corrected chi connectivity index (χ4v) is 2.74. The second-order valence-corrected chi connectivity index (χ2v) is 5.33. The molecule has 1 aromatic carbocycles. The van der Waals surface area contributed by atoms with Gasteiger partial charge < -0.3 is 15.4 Å². The van der Waals surface area contributed by atoms with Crippen molar-refractivity contribution < 1.29 is 9.53 Å². The van der Waals surface area contributed by atoms with Crippen LogP contribution in [0.15, 0.2) is 18.2 Å². The van der Waals surface area contributed by atoms with Gasteiger partial charge in [-0.25, -0.2) is 0 Å². The Labute approximate surface area is 111 Å². The lowest BCUT2D eigenvalue weighted by Gasteiger charge is -2.19. The highest BCUT2D eigenvalue weighted by Crippen LogP contribution is 2.32. The molecule has 1 unspecified atom stereocenters. The molecule has 2 atom stereocenters. The number of rotatable bonds is 1. The number of hydrogen-bond acceptors (Lipinski definition) is 3. The second-order valence-electron chi connectivity index (χ2n) is 4.90. The van der Waals surface area contributed by atoms with Crippen LogP contribution in [-0.2, 0) is 11.2 Å². The minimum absolute atomic E-state index is 0.0373. The first-order valence-corrected chi connectivity index (χ1v) is 6.51. The zero-order chi connectivity index (χ0) is 12.7. The van der Waals surface area contributed by atoms with Crippen molar-refractivity contribution in [3.63, 3.8) is 0 Å². The van der Waals surface area contributed by atoms with Crippen LogP contribution in [0.25, 0.3) is 0 Å². The van der Waals surface area contributed by atoms with Crippen LogP contribution in [-0.4, -0.2) is 36.0 Å². The maximum Gasteiger partial charge on any atom is 0.264 e. The van der Waals surface area contributed by atoms with Crippen molar-refractivity contribution in [2.45, 2.75) is 25.0 Å². The number of nitrogens with two attached hydrogens (primary N) is 1. The Bertz CT molecular complexity index is 492. The molecule has 0 saturated carbocycles. The third kappa shape index (κ3) is 2.06. The lowest BCUT2D eigenvalue weighted by molar-refractivity contribution is -0.136. The summed E-state index contributed by atoms with van der Waals surface area (Å²) < 4.78 is 5.68. The topological polar surface area (TPSA) is 55.6 Å². The smallest absolute Gasteiger partial charge is 0.264 e. The zero-order valence-electron chi connectivity index (χ0n) is 9.93. The normalized spacial score (nSPS) is 26.0. The highest BCUT2D eigenvalue weighted by Gasteiger charge is 2.34. The maximum absolute atomic E-state index is 12.3. The van der Waals surface area contributed by atoms with E-state index in [1.54, 1.807) is 11.0 Å². The SMILES string of the molecule is N[C@@H]1CCN(C(=O)C2Cc3cc(Cl)ccc3O2)C1. The van der Waals surface area contributed by atoms with Gasteiger partial charge in [0.05, 0.1) is 0 Å². The predicted molar refractivity (Wildman–Crippen MR) is 68.7 cm³/mol. The van der Waals surface area contributed by atoms with Gasteiger partial charge in [0.2, 0.25) is 0 Å². The van der Waals surface area contributed by atoms with Crippen molar-refractivity contribution >= 4 is 17.5 Å². The molecule has 1 amide bonds. The number of hydrogen-bond donors (Lipinski definition) is 1. The van der Waals surface area contributed by atoms with E-state index in [9.17, 15) is 4.79 Å². The van der Waals surface area contributed by atoms with E-state index in [-0.39, 0.29) is 11.9 Å². The molecule has 1 saturated heterocycles. The Morgan fingerprint density at radius 2 is 2.33 bits per heavy atom. The summed E-state index contributed by atoms with van der Waals surface area (Å²) in [5.41, 5.74) is 6.82. The summed E-state index contributed by atoms with van der Waals surface area (Å²) in [5, 5.41) is 0.675. The molecule has 5 heteroatoms. The number of carbonyl (C=O) groups excluding carboxylic acids is 1. The van der Waals surface area contributed by atoms with E-state index in [1.807, 2.05) is 12.1 Å². The molecule has 2 aliphatic rings. The molecule has 0 bridgehead atoms. The average Bonchev–Trinajstić information content (AvgIpc) is 2.93. The van der Waals surface area contributed by atoms with E-state index in [1.165, 1.54) is 0 Å². The molecule has 96 valence electrons. The number of nitrogens with zero attached hydrogens (tertiary/aromatic N) is 1. The number of amides is 1. The van der Waals surface area contributed by atoms with E-state index in [4.69, 9.17) is 22.1 Å². The van der Waals surface area contributed by atoms with Crippen LogP contribution in [0.3, 0.4) is 0 Å². The van der Waals surface area contributed by atoms with Crippen LogP contribution < -0.4 is 10.5 Å². The zero-order valence-corrected chi connectivity index (χ0v) is 10.7. The van der Waals surface area contributed by atoms with Gasteiger partial charge in [0.15, 0.2) is 6.10 Å². The van der Waals surface area contributed by atoms with E-state index in [0.717, 1.165) is 24.3 Å². The van der Waals surface area contributed by atoms with Gasteiger partial charge in [-0.15, -0.1) is 0 Å². The third-order valence-electron chi connectivity index (χ3n) is 3.51. The van der Waals surface area contributed by atoms with Crippen molar-refractivity contribution in [1.29, 1.82) is 0 Å². The van der Waals surface area contributed by atoms with Gasteiger partial charge >= 0.3 is 0 Å². The van der Waals surface area contributed by atoms with Gasteiger partial charge in [-0.2, -0.15) is 0 Å². The molecule has 2 heterocycles. The Balaban J connectivity index is 1.72. The first kappa shape index (κ1) is 11.8. The number of likely N-dealkylation sites (tertiary alicyclic amines) is 1. The molecule has 1 fully saturated rings. The van der Waals surface area contributed by atoms with Crippen molar-refractivity contribution in [3.05, 3.63) is 28.8 Å². The highest BCUT2D eigenvalue weighted by atomic mass is 35.5. The van der Waals surface area contributed by atoms with Crippen molar-refractivity contribution in [3.8, 4) is 5.75 Å². The van der Waals surface area contributed by atoms with E-state index in [0.29, 0.717) is 18.0 Å². The average molecular weight is 267 g/mol. The number of ether oxygens (including phenoxy) is 1. The summed E-state index contributed by atoms with van der Waals surface area (Å²) in [7, 11) is 0. The molecular weight excluding hydrogens is 252 g/mol. The molecule has 2 N–H and O–H groups in total. The summed E-state index contributed by atoms with van der Waals surface area (Å²) in [6, 6.07) is 5.56. The molecule has 18 heavy (non-hydrogen) atoms. The van der Waals surface area contributed by atoms with Crippen LogP contribution in [0, 0.1) is 0 Å². The van der Waals surface area contributed by atoms with Crippen LogP contribution in [0.5, 0.6) is 5.75 Å². The minimum atomic E-state index is -0.413. The Kier molecular flexibility index (Phi) is 2.92. The maximum atomic E-state index is 12.3. The van der Waals surface area contributed by atoms with Gasteiger partial charge in [0.25, 0.3) is 5.91 Å². The van der Waals surface area contributed by atoms with Crippen LogP contribution in [0.2, 0.25) is 5.02 Å².